The van der Waals surface area contributed by atoms with Gasteiger partial charge < -0.3 is 0 Å². The molecular formula is C14H26. The molecule has 2 fully saturated rings. The normalized spacial score (nSPS) is 29.1. The summed E-state index contributed by atoms with van der Waals surface area (Å²) >= 11 is 0. The van der Waals surface area contributed by atoms with Crippen LogP contribution in [0.5, 0.6) is 0 Å². The van der Waals surface area contributed by atoms with Crippen LogP contribution < -0.4 is 0 Å². The first-order chi connectivity index (χ1) is 6.91. The SMILES string of the molecule is C1CCCCCC2(CCCC1)CCC2. The van der Waals surface area contributed by atoms with Crippen LogP contribution in [0.4, 0.5) is 0 Å². The smallest absolute Gasteiger partial charge is 0.0297 e. The van der Waals surface area contributed by atoms with E-state index in [9.17, 15) is 0 Å². The van der Waals surface area contributed by atoms with E-state index >= 15 is 0 Å². The van der Waals surface area contributed by atoms with Crippen molar-refractivity contribution in [3.05, 3.63) is 0 Å². The highest BCUT2D eigenvalue weighted by Crippen LogP contribution is 2.49. The van der Waals surface area contributed by atoms with Gasteiger partial charge in [0.15, 0.2) is 0 Å². The van der Waals surface area contributed by atoms with E-state index in [-0.39, 0.29) is 0 Å². The van der Waals surface area contributed by atoms with Crippen LogP contribution in [0.1, 0.15) is 83.5 Å². The molecule has 2 aliphatic rings. The van der Waals surface area contributed by atoms with E-state index < -0.39 is 0 Å². The van der Waals surface area contributed by atoms with Crippen molar-refractivity contribution >= 4 is 0 Å². The lowest BCUT2D eigenvalue weighted by Crippen LogP contribution is -2.29. The Morgan fingerprint density at radius 3 is 1.07 bits per heavy atom. The molecule has 0 aliphatic heterocycles. The van der Waals surface area contributed by atoms with Crippen molar-refractivity contribution in [3.63, 3.8) is 0 Å². The molecule has 14 heavy (non-hydrogen) atoms. The lowest BCUT2D eigenvalue weighted by molar-refractivity contribution is 0.0985. The third-order valence-electron chi connectivity index (χ3n) is 4.58. The van der Waals surface area contributed by atoms with Gasteiger partial charge in [-0.2, -0.15) is 0 Å². The molecule has 0 amide bonds. The first-order valence-corrected chi connectivity index (χ1v) is 6.91. The van der Waals surface area contributed by atoms with Crippen molar-refractivity contribution < 1.29 is 0 Å². The van der Waals surface area contributed by atoms with Crippen LogP contribution in [0.2, 0.25) is 0 Å². The van der Waals surface area contributed by atoms with Gasteiger partial charge in [-0.15, -0.1) is 0 Å². The molecule has 0 nitrogen and oxygen atoms in total. The van der Waals surface area contributed by atoms with Crippen molar-refractivity contribution in [1.29, 1.82) is 0 Å². The fourth-order valence-electron chi connectivity index (χ4n) is 3.36. The summed E-state index contributed by atoms with van der Waals surface area (Å²) in [5, 5.41) is 0. The molecule has 0 bridgehead atoms. The second kappa shape index (κ2) is 5.19. The van der Waals surface area contributed by atoms with E-state index in [2.05, 4.69) is 0 Å². The summed E-state index contributed by atoms with van der Waals surface area (Å²) in [7, 11) is 0. The molecule has 0 heterocycles. The molecule has 2 aliphatic carbocycles. The van der Waals surface area contributed by atoms with Crippen LogP contribution in [0.3, 0.4) is 0 Å². The lowest BCUT2D eigenvalue weighted by atomic mass is 9.63. The Morgan fingerprint density at radius 2 is 0.714 bits per heavy atom. The maximum absolute atomic E-state index is 1.56. The van der Waals surface area contributed by atoms with Gasteiger partial charge in [-0.1, -0.05) is 57.8 Å². The molecule has 0 aromatic heterocycles. The molecule has 82 valence electrons. The largest absolute Gasteiger partial charge is 0.0533 e. The highest BCUT2D eigenvalue weighted by atomic mass is 14.4. The van der Waals surface area contributed by atoms with Crippen LogP contribution >= 0.6 is 0 Å². The molecule has 0 saturated heterocycles. The molecule has 2 rings (SSSR count). The van der Waals surface area contributed by atoms with Gasteiger partial charge in [0.05, 0.1) is 0 Å². The van der Waals surface area contributed by atoms with Crippen LogP contribution in [-0.2, 0) is 0 Å². The van der Waals surface area contributed by atoms with E-state index in [1.54, 1.807) is 25.7 Å². The van der Waals surface area contributed by atoms with E-state index in [0.29, 0.717) is 0 Å². The minimum atomic E-state index is 0.852. The molecule has 0 heteroatoms. The molecule has 0 unspecified atom stereocenters. The summed E-state index contributed by atoms with van der Waals surface area (Å²) in [5.41, 5.74) is 0.852. The fraction of sp³-hybridized carbons (Fsp3) is 1.00. The first kappa shape index (κ1) is 10.5. The Bertz CT molecular complexity index is 141. The Balaban J connectivity index is 1.78. The molecular weight excluding hydrogens is 168 g/mol. The summed E-state index contributed by atoms with van der Waals surface area (Å²) in [6, 6.07) is 0. The number of rotatable bonds is 0. The van der Waals surface area contributed by atoms with Gasteiger partial charge >= 0.3 is 0 Å². The molecule has 0 aromatic carbocycles. The van der Waals surface area contributed by atoms with Crippen LogP contribution in [0.15, 0.2) is 0 Å². The number of hydrogen-bond acceptors (Lipinski definition) is 0. The monoisotopic (exact) mass is 194 g/mol. The Labute approximate surface area is 89.5 Å². The summed E-state index contributed by atoms with van der Waals surface area (Å²) in [6.07, 6.45) is 19.9. The van der Waals surface area contributed by atoms with Crippen molar-refractivity contribution in [1.82, 2.24) is 0 Å². The predicted octanol–water partition coefficient (Wildman–Crippen LogP) is 5.07. The van der Waals surface area contributed by atoms with Gasteiger partial charge in [-0.05, 0) is 31.1 Å². The summed E-state index contributed by atoms with van der Waals surface area (Å²) in [5.74, 6) is 0. The zero-order valence-corrected chi connectivity index (χ0v) is 9.69. The molecule has 0 aromatic rings. The quantitative estimate of drug-likeness (QED) is 0.505. The predicted molar refractivity (Wildman–Crippen MR) is 62.5 cm³/mol. The maximum Gasteiger partial charge on any atom is -0.0297 e. The molecule has 0 atom stereocenters. The fourth-order valence-corrected chi connectivity index (χ4v) is 3.36. The Kier molecular flexibility index (Phi) is 3.89. The van der Waals surface area contributed by atoms with Gasteiger partial charge in [0.25, 0.3) is 0 Å². The third-order valence-corrected chi connectivity index (χ3v) is 4.58. The summed E-state index contributed by atoms with van der Waals surface area (Å²) in [6.45, 7) is 0. The van der Waals surface area contributed by atoms with E-state index in [1.807, 2.05) is 0 Å². The van der Waals surface area contributed by atoms with Crippen molar-refractivity contribution in [2.75, 3.05) is 0 Å². The van der Waals surface area contributed by atoms with Crippen molar-refractivity contribution in [3.8, 4) is 0 Å². The van der Waals surface area contributed by atoms with E-state index in [0.717, 1.165) is 5.41 Å². The van der Waals surface area contributed by atoms with Crippen molar-refractivity contribution in [2.24, 2.45) is 5.41 Å². The minimum absolute atomic E-state index is 0.852. The zero-order valence-electron chi connectivity index (χ0n) is 9.69. The van der Waals surface area contributed by atoms with Crippen molar-refractivity contribution in [2.45, 2.75) is 83.5 Å². The van der Waals surface area contributed by atoms with Crippen LogP contribution in [0.25, 0.3) is 0 Å². The van der Waals surface area contributed by atoms with Gasteiger partial charge in [0.2, 0.25) is 0 Å². The first-order valence-electron chi connectivity index (χ1n) is 6.91. The second-order valence-corrected chi connectivity index (χ2v) is 5.68. The number of hydrogen-bond donors (Lipinski definition) is 0. The van der Waals surface area contributed by atoms with E-state index in [4.69, 9.17) is 0 Å². The Morgan fingerprint density at radius 1 is 0.357 bits per heavy atom. The second-order valence-electron chi connectivity index (χ2n) is 5.68. The third kappa shape index (κ3) is 2.74. The van der Waals surface area contributed by atoms with Gasteiger partial charge in [0, 0.05) is 0 Å². The minimum Gasteiger partial charge on any atom is -0.0533 e. The van der Waals surface area contributed by atoms with Crippen LogP contribution in [0, 0.1) is 5.41 Å². The standard InChI is InChI=1S/C14H26/c1-2-4-6-8-11-14(12-9-13-14)10-7-5-3-1/h1-13H2. The van der Waals surface area contributed by atoms with Gasteiger partial charge in [-0.25, -0.2) is 0 Å². The summed E-state index contributed by atoms with van der Waals surface area (Å²) in [4.78, 5) is 0. The molecule has 0 radical (unpaired) electrons. The van der Waals surface area contributed by atoms with Gasteiger partial charge in [-0.3, -0.25) is 0 Å². The zero-order chi connectivity index (χ0) is 9.69. The van der Waals surface area contributed by atoms with Crippen LogP contribution in [-0.4, -0.2) is 0 Å². The highest BCUT2D eigenvalue weighted by Gasteiger charge is 2.35. The molecule has 2 saturated carbocycles. The van der Waals surface area contributed by atoms with Gasteiger partial charge in [0.1, 0.15) is 0 Å². The Hall–Kier alpha value is 0. The lowest BCUT2D eigenvalue weighted by Gasteiger charge is -2.42. The average molecular weight is 194 g/mol. The highest BCUT2D eigenvalue weighted by molar-refractivity contribution is 4.87. The summed E-state index contributed by atoms with van der Waals surface area (Å²) < 4.78 is 0. The molecule has 1 spiro atoms. The topological polar surface area (TPSA) is 0 Å². The maximum atomic E-state index is 1.56. The average Bonchev–Trinajstić information content (AvgIpc) is 2.19. The molecule has 0 N–H and O–H groups in total. The van der Waals surface area contributed by atoms with E-state index in [1.165, 1.54) is 57.8 Å².